The first-order valence-electron chi connectivity index (χ1n) is 8.30. The molecule has 27 heavy (non-hydrogen) atoms. The van der Waals surface area contributed by atoms with E-state index < -0.39 is 11.7 Å². The van der Waals surface area contributed by atoms with Crippen molar-refractivity contribution < 1.29 is 23.2 Å². The zero-order chi connectivity index (χ0) is 19.2. The van der Waals surface area contributed by atoms with Crippen LogP contribution in [0.1, 0.15) is 35.8 Å². The van der Waals surface area contributed by atoms with Crippen LogP contribution in [-0.4, -0.2) is 39.6 Å². The Morgan fingerprint density at radius 1 is 1.30 bits per heavy atom. The number of carbonyl (C=O) groups is 2. The molecule has 2 amide bonds. The van der Waals surface area contributed by atoms with Gasteiger partial charge < -0.3 is 19.9 Å². The Labute approximate surface area is 158 Å². The van der Waals surface area contributed by atoms with Crippen molar-refractivity contribution in [2.24, 2.45) is 0 Å². The van der Waals surface area contributed by atoms with Gasteiger partial charge in [0.05, 0.1) is 5.02 Å². The van der Waals surface area contributed by atoms with E-state index in [1.54, 1.807) is 6.92 Å². The van der Waals surface area contributed by atoms with E-state index in [1.165, 1.54) is 12.1 Å². The molecule has 2 bridgehead atoms. The summed E-state index contributed by atoms with van der Waals surface area (Å²) in [5.74, 6) is -0.784. The van der Waals surface area contributed by atoms with E-state index in [2.05, 4.69) is 20.8 Å². The molecule has 5 rings (SSSR count). The van der Waals surface area contributed by atoms with Gasteiger partial charge >= 0.3 is 11.8 Å². The van der Waals surface area contributed by atoms with Gasteiger partial charge in [0.2, 0.25) is 0 Å². The Bertz CT molecular complexity index is 912. The number of hydrogen-bond donors (Lipinski definition) is 2. The van der Waals surface area contributed by atoms with Gasteiger partial charge in [0.15, 0.2) is 12.4 Å². The number of rotatable bonds is 6. The fourth-order valence-electron chi connectivity index (χ4n) is 3.78. The van der Waals surface area contributed by atoms with Crippen LogP contribution in [0, 0.1) is 12.7 Å². The lowest BCUT2D eigenvalue weighted by Crippen LogP contribution is -2.84. The fourth-order valence-corrected chi connectivity index (χ4v) is 3.90. The smallest absolute Gasteiger partial charge is 0.315 e. The first kappa shape index (κ1) is 17.7. The van der Waals surface area contributed by atoms with Crippen molar-refractivity contribution in [3.05, 3.63) is 40.8 Å². The Morgan fingerprint density at radius 3 is 2.63 bits per heavy atom. The highest BCUT2D eigenvalue weighted by atomic mass is 35.5. The summed E-state index contributed by atoms with van der Waals surface area (Å²) in [6.07, 6.45) is 1.88. The monoisotopic (exact) mass is 394 g/mol. The molecule has 0 atom stereocenters. The summed E-state index contributed by atoms with van der Waals surface area (Å²) < 4.78 is 23.5. The summed E-state index contributed by atoms with van der Waals surface area (Å²) >= 11 is 5.60. The molecule has 0 radical (unpaired) electrons. The summed E-state index contributed by atoms with van der Waals surface area (Å²) in [5, 5.41) is 9.37. The lowest BCUT2D eigenvalue weighted by atomic mass is 9.44. The zero-order valence-corrected chi connectivity index (χ0v) is 15.1. The van der Waals surface area contributed by atoms with Gasteiger partial charge in [0.1, 0.15) is 11.6 Å². The van der Waals surface area contributed by atoms with E-state index in [0.29, 0.717) is 25.1 Å². The number of nitrogens with zero attached hydrogens (tertiary/aromatic N) is 2. The number of halogens is 2. The number of aromatic nitrogens is 2. The summed E-state index contributed by atoms with van der Waals surface area (Å²) in [6.45, 7) is 1.40. The molecule has 3 aliphatic carbocycles. The summed E-state index contributed by atoms with van der Waals surface area (Å²) in [6, 6.07) is 3.98. The van der Waals surface area contributed by atoms with E-state index in [9.17, 15) is 14.0 Å². The Hall–Kier alpha value is -2.68. The van der Waals surface area contributed by atoms with Crippen molar-refractivity contribution in [1.82, 2.24) is 20.8 Å². The first-order valence-corrected chi connectivity index (χ1v) is 8.68. The molecule has 0 spiro atoms. The maximum atomic E-state index is 13.4. The van der Waals surface area contributed by atoms with Gasteiger partial charge in [-0.3, -0.25) is 9.59 Å². The molecule has 1 aromatic heterocycles. The van der Waals surface area contributed by atoms with Gasteiger partial charge in [-0.1, -0.05) is 16.8 Å². The lowest BCUT2D eigenvalue weighted by molar-refractivity contribution is -0.141. The number of ether oxygens (including phenoxy) is 1. The SMILES string of the molecule is Cc1noc(C(=O)NC23CC(NC(=O)COc4ccc(Cl)c(F)c4)(C2)C3)n1. The second-order valence-electron chi connectivity index (χ2n) is 7.10. The highest BCUT2D eigenvalue weighted by molar-refractivity contribution is 6.30. The minimum absolute atomic E-state index is 0.0105. The largest absolute Gasteiger partial charge is 0.484 e. The van der Waals surface area contributed by atoms with Crippen LogP contribution in [-0.2, 0) is 4.79 Å². The number of aryl methyl sites for hydroxylation is 1. The van der Waals surface area contributed by atoms with Gasteiger partial charge in [-0.05, 0) is 38.3 Å². The maximum Gasteiger partial charge on any atom is 0.315 e. The van der Waals surface area contributed by atoms with E-state index in [4.69, 9.17) is 20.9 Å². The second-order valence-corrected chi connectivity index (χ2v) is 7.51. The van der Waals surface area contributed by atoms with Gasteiger partial charge in [-0.15, -0.1) is 0 Å². The molecule has 0 aliphatic heterocycles. The molecule has 10 heteroatoms. The summed E-state index contributed by atoms with van der Waals surface area (Å²) in [7, 11) is 0. The zero-order valence-electron chi connectivity index (χ0n) is 14.3. The fraction of sp³-hybridized carbons (Fsp3) is 0.412. The van der Waals surface area contributed by atoms with Crippen molar-refractivity contribution in [1.29, 1.82) is 0 Å². The summed E-state index contributed by atoms with van der Waals surface area (Å²) in [4.78, 5) is 28.0. The van der Waals surface area contributed by atoms with Crippen molar-refractivity contribution in [2.45, 2.75) is 37.3 Å². The number of benzene rings is 1. The number of amides is 2. The average molecular weight is 395 g/mol. The normalized spacial score (nSPS) is 25.1. The predicted molar refractivity (Wildman–Crippen MR) is 90.9 cm³/mol. The van der Waals surface area contributed by atoms with Gasteiger partial charge in [0.25, 0.3) is 5.91 Å². The van der Waals surface area contributed by atoms with Crippen LogP contribution in [0.5, 0.6) is 5.75 Å². The van der Waals surface area contributed by atoms with Crippen molar-refractivity contribution >= 4 is 23.4 Å². The topological polar surface area (TPSA) is 106 Å². The Kier molecular flexibility index (Phi) is 4.06. The Morgan fingerprint density at radius 2 is 2.00 bits per heavy atom. The first-order chi connectivity index (χ1) is 12.8. The lowest BCUT2D eigenvalue weighted by Gasteiger charge is -2.70. The highest BCUT2D eigenvalue weighted by Gasteiger charge is 2.69. The van der Waals surface area contributed by atoms with Gasteiger partial charge in [0, 0.05) is 17.1 Å². The van der Waals surface area contributed by atoms with Crippen molar-refractivity contribution in [3.63, 3.8) is 0 Å². The average Bonchev–Trinajstić information content (AvgIpc) is 2.99. The number of carbonyl (C=O) groups excluding carboxylic acids is 2. The van der Waals surface area contributed by atoms with E-state index >= 15 is 0 Å². The minimum Gasteiger partial charge on any atom is -0.484 e. The molecule has 2 aromatic rings. The summed E-state index contributed by atoms with van der Waals surface area (Å²) in [5.41, 5.74) is -0.670. The molecule has 2 N–H and O–H groups in total. The second kappa shape index (κ2) is 6.19. The van der Waals surface area contributed by atoms with Crippen LogP contribution in [0.15, 0.2) is 22.7 Å². The maximum absolute atomic E-state index is 13.4. The van der Waals surface area contributed by atoms with E-state index in [1.807, 2.05) is 0 Å². The molecule has 142 valence electrons. The molecule has 1 aromatic carbocycles. The minimum atomic E-state index is -0.608. The molecule has 3 fully saturated rings. The molecule has 0 unspecified atom stereocenters. The van der Waals surface area contributed by atoms with Gasteiger partial charge in [-0.25, -0.2) is 4.39 Å². The molecule has 0 saturated heterocycles. The predicted octanol–water partition coefficient (Wildman–Crippen LogP) is 1.77. The molecular formula is C17H16ClFN4O4. The standard InChI is InChI=1S/C17H16ClFN4O4/c1-9-20-15(27-23-9)14(25)22-17-6-16(7-17,8-17)21-13(24)5-26-10-2-3-11(18)12(19)4-10/h2-4H,5-8H2,1H3,(H,21,24)(H,22,25). The third kappa shape index (κ3) is 3.34. The van der Waals surface area contributed by atoms with Crippen LogP contribution >= 0.6 is 11.6 Å². The van der Waals surface area contributed by atoms with Crippen LogP contribution in [0.4, 0.5) is 4.39 Å². The molecular weight excluding hydrogens is 379 g/mol. The number of hydrogen-bond acceptors (Lipinski definition) is 6. The Balaban J connectivity index is 1.23. The molecule has 1 heterocycles. The van der Waals surface area contributed by atoms with Crippen molar-refractivity contribution in [2.75, 3.05) is 6.61 Å². The van der Waals surface area contributed by atoms with Gasteiger partial charge in [-0.2, -0.15) is 4.98 Å². The van der Waals surface area contributed by atoms with E-state index in [0.717, 1.165) is 6.07 Å². The van der Waals surface area contributed by atoms with Crippen LogP contribution in [0.25, 0.3) is 0 Å². The van der Waals surface area contributed by atoms with Crippen LogP contribution < -0.4 is 15.4 Å². The van der Waals surface area contributed by atoms with E-state index in [-0.39, 0.29) is 40.3 Å². The third-order valence-electron chi connectivity index (χ3n) is 4.80. The number of nitrogens with one attached hydrogen (secondary N) is 2. The molecule has 3 aliphatic rings. The highest BCUT2D eigenvalue weighted by Crippen LogP contribution is 2.60. The quantitative estimate of drug-likeness (QED) is 0.773. The van der Waals surface area contributed by atoms with Crippen LogP contribution in [0.2, 0.25) is 5.02 Å². The van der Waals surface area contributed by atoms with Crippen molar-refractivity contribution in [3.8, 4) is 5.75 Å². The molecule has 3 saturated carbocycles. The molecule has 8 nitrogen and oxygen atoms in total. The third-order valence-corrected chi connectivity index (χ3v) is 5.10. The van der Waals surface area contributed by atoms with Crippen LogP contribution in [0.3, 0.4) is 0 Å².